The van der Waals surface area contributed by atoms with Gasteiger partial charge in [0.15, 0.2) is 6.20 Å². The number of aryl methyl sites for hydroxylation is 4. The van der Waals surface area contributed by atoms with E-state index in [0.717, 1.165) is 11.3 Å². The van der Waals surface area contributed by atoms with Crippen LogP contribution >= 0.6 is 0 Å². The van der Waals surface area contributed by atoms with Crippen LogP contribution in [0.3, 0.4) is 0 Å². The molecule has 0 saturated heterocycles. The second-order valence-corrected chi connectivity index (χ2v) is 13.3. The number of pyridine rings is 1. The topological polar surface area (TPSA) is 3.88 Å². The zero-order valence-corrected chi connectivity index (χ0v) is 17.6. The molecule has 0 aliphatic heterocycles. The van der Waals surface area contributed by atoms with Gasteiger partial charge < -0.3 is 0 Å². The average Bonchev–Trinajstić information content (AvgIpc) is 2.61. The molecule has 26 heavy (non-hydrogen) atoms. The van der Waals surface area contributed by atoms with E-state index in [2.05, 4.69) is 69.9 Å². The monoisotopic (exact) mass is 363 g/mol. The van der Waals surface area contributed by atoms with E-state index in [-0.39, 0.29) is 0 Å². The van der Waals surface area contributed by atoms with Crippen LogP contribution < -0.4 is 9.75 Å². The SMILES string of the molecule is [2H]C([2H])([2H])c1cc[n+](C)c(-c2cc(-c3ccc(C)cc3)c([Si](C)(C)C)cc2C)c1. The van der Waals surface area contributed by atoms with Gasteiger partial charge in [0.2, 0.25) is 5.69 Å². The van der Waals surface area contributed by atoms with Crippen LogP contribution in [0.25, 0.3) is 22.4 Å². The van der Waals surface area contributed by atoms with Crippen LogP contribution in [0.1, 0.15) is 20.8 Å². The molecule has 0 atom stereocenters. The van der Waals surface area contributed by atoms with E-state index in [1.54, 1.807) is 6.07 Å². The van der Waals surface area contributed by atoms with Gasteiger partial charge in [0.05, 0.1) is 8.07 Å². The van der Waals surface area contributed by atoms with Crippen molar-refractivity contribution in [2.24, 2.45) is 7.05 Å². The van der Waals surface area contributed by atoms with Crippen molar-refractivity contribution in [2.45, 2.75) is 40.3 Å². The Morgan fingerprint density at radius 2 is 1.54 bits per heavy atom. The lowest BCUT2D eigenvalue weighted by molar-refractivity contribution is -0.660. The van der Waals surface area contributed by atoms with Crippen molar-refractivity contribution in [3.8, 4) is 22.4 Å². The van der Waals surface area contributed by atoms with Crippen molar-refractivity contribution in [3.63, 3.8) is 0 Å². The molecule has 1 nitrogen and oxygen atoms in total. The van der Waals surface area contributed by atoms with Crippen molar-refractivity contribution in [3.05, 3.63) is 71.4 Å². The molecular formula is C24H30NSi+. The zero-order valence-electron chi connectivity index (χ0n) is 19.6. The Balaban J connectivity index is 2.30. The lowest BCUT2D eigenvalue weighted by Gasteiger charge is -2.23. The molecule has 3 aromatic rings. The second kappa shape index (κ2) is 6.84. The fourth-order valence-electron chi connectivity index (χ4n) is 3.41. The van der Waals surface area contributed by atoms with Crippen molar-refractivity contribution in [2.75, 3.05) is 0 Å². The molecule has 0 unspecified atom stereocenters. The summed E-state index contributed by atoms with van der Waals surface area (Å²) in [4.78, 5) is 0. The molecule has 2 aromatic carbocycles. The fourth-order valence-corrected chi connectivity index (χ4v) is 5.09. The summed E-state index contributed by atoms with van der Waals surface area (Å²) >= 11 is 0. The number of hydrogen-bond donors (Lipinski definition) is 0. The van der Waals surface area contributed by atoms with Crippen LogP contribution in [-0.4, -0.2) is 8.07 Å². The third-order valence-electron chi connectivity index (χ3n) is 4.96. The lowest BCUT2D eigenvalue weighted by atomic mass is 9.96. The molecule has 0 aliphatic rings. The minimum absolute atomic E-state index is 0.371. The molecule has 1 heterocycles. The molecule has 0 bridgehead atoms. The van der Waals surface area contributed by atoms with Crippen LogP contribution in [0.4, 0.5) is 0 Å². The Morgan fingerprint density at radius 1 is 0.846 bits per heavy atom. The van der Waals surface area contributed by atoms with Crippen molar-refractivity contribution >= 4 is 13.3 Å². The van der Waals surface area contributed by atoms with Gasteiger partial charge in [-0.15, -0.1) is 0 Å². The summed E-state index contributed by atoms with van der Waals surface area (Å²) in [5, 5.41) is 1.43. The van der Waals surface area contributed by atoms with Crippen LogP contribution in [0.5, 0.6) is 0 Å². The van der Waals surface area contributed by atoms with Crippen LogP contribution in [0.15, 0.2) is 54.7 Å². The molecule has 0 saturated carbocycles. The molecule has 134 valence electrons. The normalized spacial score (nSPS) is 13.8. The minimum atomic E-state index is -2.12. The van der Waals surface area contributed by atoms with E-state index in [9.17, 15) is 0 Å². The Bertz CT molecular complexity index is 1050. The van der Waals surface area contributed by atoms with Gasteiger partial charge in [-0.05, 0) is 49.0 Å². The summed E-state index contributed by atoms with van der Waals surface area (Å²) in [7, 11) is 0.388. The minimum Gasteiger partial charge on any atom is -0.201 e. The highest BCUT2D eigenvalue weighted by Gasteiger charge is 2.24. The predicted molar refractivity (Wildman–Crippen MR) is 116 cm³/mol. The van der Waals surface area contributed by atoms with Gasteiger partial charge in [-0.25, -0.2) is 4.57 Å². The second-order valence-electron chi connectivity index (χ2n) is 8.24. The number of rotatable bonds is 3. The third kappa shape index (κ3) is 3.66. The van der Waals surface area contributed by atoms with Crippen molar-refractivity contribution in [1.82, 2.24) is 0 Å². The molecule has 3 rings (SSSR count). The van der Waals surface area contributed by atoms with Gasteiger partial charge in [-0.1, -0.05) is 60.7 Å². The van der Waals surface area contributed by atoms with Gasteiger partial charge in [-0.2, -0.15) is 0 Å². The maximum atomic E-state index is 7.80. The molecule has 0 fully saturated rings. The Kier molecular flexibility index (Phi) is 3.93. The number of nitrogens with zero attached hydrogens (tertiary/aromatic N) is 1. The molecule has 1 aromatic heterocycles. The fraction of sp³-hybridized carbons (Fsp3) is 0.292. The van der Waals surface area contributed by atoms with Gasteiger partial charge >= 0.3 is 0 Å². The summed E-state index contributed by atoms with van der Waals surface area (Å²) in [6.07, 6.45) is 1.84. The maximum Gasteiger partial charge on any atom is 0.212 e. The quantitative estimate of drug-likeness (QED) is 0.438. The highest BCUT2D eigenvalue weighted by Crippen LogP contribution is 2.29. The summed E-state index contributed by atoms with van der Waals surface area (Å²) in [6.45, 7) is 9.22. The molecule has 0 radical (unpaired) electrons. The van der Waals surface area contributed by atoms with Crippen LogP contribution in [0, 0.1) is 20.7 Å². The Labute approximate surface area is 163 Å². The molecule has 0 aliphatic carbocycles. The van der Waals surface area contributed by atoms with Crippen LogP contribution in [-0.2, 0) is 7.05 Å². The van der Waals surface area contributed by atoms with E-state index >= 15 is 0 Å². The first-order valence-electron chi connectivity index (χ1n) is 10.6. The highest BCUT2D eigenvalue weighted by molar-refractivity contribution is 6.89. The smallest absolute Gasteiger partial charge is 0.201 e. The molecule has 0 N–H and O–H groups in total. The van der Waals surface area contributed by atoms with Crippen molar-refractivity contribution in [1.29, 1.82) is 0 Å². The van der Waals surface area contributed by atoms with Gasteiger partial charge in [0, 0.05) is 21.8 Å². The van der Waals surface area contributed by atoms with Gasteiger partial charge in [-0.3, -0.25) is 0 Å². The first kappa shape index (κ1) is 14.9. The molecule has 0 spiro atoms. The Morgan fingerprint density at radius 3 is 2.15 bits per heavy atom. The zero-order chi connectivity index (χ0) is 21.6. The predicted octanol–water partition coefficient (Wildman–Crippen LogP) is 5.32. The first-order chi connectivity index (χ1) is 13.4. The summed E-state index contributed by atoms with van der Waals surface area (Å²) < 4.78 is 25.4. The van der Waals surface area contributed by atoms with Crippen molar-refractivity contribution < 1.29 is 8.68 Å². The number of hydrogen-bond acceptors (Lipinski definition) is 0. The Hall–Kier alpha value is -2.19. The highest BCUT2D eigenvalue weighted by atomic mass is 28.3. The standard InChI is InChI=1S/C24H30NSi/c1-17-8-10-20(11-9-17)22-16-21(19(3)15-24(22)26(5,6)7)23-14-18(2)12-13-25(23)4/h8-16H,1-7H3/q+1/i2D3. The van der Waals surface area contributed by atoms with Gasteiger partial charge in [0.25, 0.3) is 0 Å². The third-order valence-corrected chi connectivity index (χ3v) is 6.99. The van der Waals surface area contributed by atoms with Gasteiger partial charge in [0.1, 0.15) is 7.05 Å². The number of benzene rings is 2. The van der Waals surface area contributed by atoms with E-state index in [1.807, 2.05) is 23.9 Å². The summed E-state index contributed by atoms with van der Waals surface area (Å²) in [6, 6.07) is 16.7. The summed E-state index contributed by atoms with van der Waals surface area (Å²) in [5.74, 6) is 0. The molecular weight excluding hydrogens is 330 g/mol. The van der Waals surface area contributed by atoms with Crippen LogP contribution in [0.2, 0.25) is 19.6 Å². The number of aromatic nitrogens is 1. The van der Waals surface area contributed by atoms with E-state index < -0.39 is 14.9 Å². The van der Waals surface area contributed by atoms with E-state index in [1.165, 1.54) is 27.4 Å². The molecule has 2 heteroatoms. The van der Waals surface area contributed by atoms with E-state index in [0.29, 0.717) is 5.56 Å². The average molecular weight is 364 g/mol. The summed E-state index contributed by atoms with van der Waals surface area (Å²) in [5.41, 5.74) is 7.26. The molecule has 0 amide bonds. The lowest BCUT2D eigenvalue weighted by Crippen LogP contribution is -2.39. The van der Waals surface area contributed by atoms with E-state index in [4.69, 9.17) is 4.11 Å². The maximum absolute atomic E-state index is 7.80. The largest absolute Gasteiger partial charge is 0.212 e. The first-order valence-corrected chi connectivity index (χ1v) is 12.6.